The van der Waals surface area contributed by atoms with Gasteiger partial charge in [0, 0.05) is 13.5 Å². The molecule has 0 saturated carbocycles. The molecule has 0 aliphatic carbocycles. The lowest BCUT2D eigenvalue weighted by molar-refractivity contribution is -0.282. The van der Waals surface area contributed by atoms with Crippen LogP contribution in [-0.4, -0.2) is 155 Å². The van der Waals surface area contributed by atoms with Crippen LogP contribution in [0.4, 0.5) is 8.78 Å². The summed E-state index contributed by atoms with van der Waals surface area (Å²) >= 11 is 3.37. The highest BCUT2D eigenvalue weighted by Gasteiger charge is 2.42. The van der Waals surface area contributed by atoms with Crippen LogP contribution in [0.5, 0.6) is 0 Å². The number of aliphatic hydroxyl groups is 8. The average Bonchev–Trinajstić information content (AvgIpc) is 3.76. The van der Waals surface area contributed by atoms with Crippen molar-refractivity contribution < 1.29 is 88.4 Å². The van der Waals surface area contributed by atoms with Crippen molar-refractivity contribution in [1.29, 1.82) is 0 Å². The number of rotatable bonds is 21. The Morgan fingerprint density at radius 2 is 1.49 bits per heavy atom. The van der Waals surface area contributed by atoms with Crippen LogP contribution in [0.1, 0.15) is 19.8 Å². The van der Waals surface area contributed by atoms with Gasteiger partial charge in [0.15, 0.2) is 18.9 Å². The fraction of sp³-hybridized carbons (Fsp3) is 0.773. The number of carboxylic acids is 2. The van der Waals surface area contributed by atoms with E-state index in [-0.39, 0.29) is 6.54 Å². The minimum atomic E-state index is -3.59. The first-order valence-electron chi connectivity index (χ1n) is 12.4. The zero-order valence-electron chi connectivity index (χ0n) is 22.4. The number of carbonyl (C=O) groups excluding carboxylic acids is 1. The third-order valence-corrected chi connectivity index (χ3v) is 6.12. The SMILES string of the molecule is CC(=O)N/C(=C(/O)C1CN1)C(O)OC(CC(=O)O)C(O)C(O)C(O)OC(C(O)CC(=O)O)C(O)C(O)OCC(F)(F)CS. The number of halogens is 2. The van der Waals surface area contributed by atoms with Crippen LogP contribution in [0.3, 0.4) is 0 Å². The Hall–Kier alpha value is -2.28. The van der Waals surface area contributed by atoms with Gasteiger partial charge in [-0.05, 0) is 0 Å². The normalized spacial score (nSPS) is 22.2. The van der Waals surface area contributed by atoms with Gasteiger partial charge in [0.05, 0.1) is 30.7 Å². The summed E-state index contributed by atoms with van der Waals surface area (Å²) in [5.74, 6) is -9.41. The van der Waals surface area contributed by atoms with Crippen LogP contribution in [0.15, 0.2) is 11.5 Å². The van der Waals surface area contributed by atoms with Gasteiger partial charge in [0.1, 0.15) is 48.6 Å². The van der Waals surface area contributed by atoms with Crippen LogP contribution >= 0.6 is 12.6 Å². The number of alkyl halides is 2. The van der Waals surface area contributed by atoms with E-state index in [9.17, 15) is 69.1 Å². The Morgan fingerprint density at radius 1 is 0.930 bits per heavy atom. The van der Waals surface area contributed by atoms with Crippen molar-refractivity contribution in [2.24, 2.45) is 0 Å². The monoisotopic (exact) mass is 654 g/mol. The van der Waals surface area contributed by atoms with E-state index in [1.54, 1.807) is 0 Å². The minimum absolute atomic E-state index is 0.239. The predicted molar refractivity (Wildman–Crippen MR) is 136 cm³/mol. The van der Waals surface area contributed by atoms with E-state index < -0.39 is 122 Å². The van der Waals surface area contributed by atoms with E-state index in [1.807, 2.05) is 0 Å². The average molecular weight is 655 g/mol. The zero-order chi connectivity index (χ0) is 33.2. The quantitative estimate of drug-likeness (QED) is 0.0240. The van der Waals surface area contributed by atoms with E-state index in [2.05, 4.69) is 28.0 Å². The van der Waals surface area contributed by atoms with Gasteiger partial charge in [-0.15, -0.1) is 0 Å². The molecule has 0 spiro atoms. The Morgan fingerprint density at radius 3 is 1.95 bits per heavy atom. The molecule has 0 aromatic heterocycles. The number of ether oxygens (including phenoxy) is 3. The number of carbonyl (C=O) groups is 3. The lowest BCUT2D eigenvalue weighted by Gasteiger charge is -2.35. The number of aliphatic hydroxyl groups excluding tert-OH is 8. The highest BCUT2D eigenvalue weighted by molar-refractivity contribution is 7.80. The van der Waals surface area contributed by atoms with Gasteiger partial charge in [-0.2, -0.15) is 12.6 Å². The molecule has 10 unspecified atom stereocenters. The molecule has 43 heavy (non-hydrogen) atoms. The topological polar surface area (TPSA) is 315 Å². The molecule has 10 atom stereocenters. The molecule has 1 rings (SSSR count). The lowest BCUT2D eigenvalue weighted by atomic mass is 10.0. The van der Waals surface area contributed by atoms with Crippen molar-refractivity contribution in [2.75, 3.05) is 18.9 Å². The first-order valence-corrected chi connectivity index (χ1v) is 13.0. The summed E-state index contributed by atoms with van der Waals surface area (Å²) in [5, 5.41) is 105. The first kappa shape index (κ1) is 38.7. The van der Waals surface area contributed by atoms with Crippen LogP contribution < -0.4 is 10.6 Å². The van der Waals surface area contributed by atoms with Crippen molar-refractivity contribution in [2.45, 2.75) is 87.2 Å². The third-order valence-electron chi connectivity index (χ3n) is 5.66. The molecule has 1 aliphatic rings. The molecule has 0 radical (unpaired) electrons. The summed E-state index contributed by atoms with van der Waals surface area (Å²) in [5.41, 5.74) is -0.645. The number of nitrogens with one attached hydrogen (secondary N) is 2. The molecule has 0 aromatic rings. The number of thiol groups is 1. The van der Waals surface area contributed by atoms with Gasteiger partial charge >= 0.3 is 11.9 Å². The predicted octanol–water partition coefficient (Wildman–Crippen LogP) is -4.44. The van der Waals surface area contributed by atoms with Gasteiger partial charge in [-0.3, -0.25) is 14.4 Å². The zero-order valence-corrected chi connectivity index (χ0v) is 23.3. The van der Waals surface area contributed by atoms with Gasteiger partial charge < -0.3 is 75.9 Å². The number of aliphatic carboxylic acids is 2. The maximum absolute atomic E-state index is 13.4. The van der Waals surface area contributed by atoms with Crippen LogP contribution in [0.2, 0.25) is 0 Å². The van der Waals surface area contributed by atoms with Gasteiger partial charge in [-0.25, -0.2) is 8.78 Å². The summed E-state index contributed by atoms with van der Waals surface area (Å²) in [6.45, 7) is -0.264. The highest BCUT2D eigenvalue weighted by Crippen LogP contribution is 2.23. The van der Waals surface area contributed by atoms with Crippen LogP contribution in [0.25, 0.3) is 0 Å². The van der Waals surface area contributed by atoms with E-state index in [1.165, 1.54) is 0 Å². The second kappa shape index (κ2) is 17.3. The summed E-state index contributed by atoms with van der Waals surface area (Å²) in [7, 11) is 0. The fourth-order valence-electron chi connectivity index (χ4n) is 3.37. The van der Waals surface area contributed by atoms with Crippen LogP contribution in [0, 0.1) is 0 Å². The van der Waals surface area contributed by atoms with Gasteiger partial charge in [0.25, 0.3) is 5.92 Å². The summed E-state index contributed by atoms with van der Waals surface area (Å²) in [6, 6.07) is -0.701. The molecule has 0 bridgehead atoms. The Bertz CT molecular complexity index is 974. The number of hydrogen-bond donors (Lipinski definition) is 13. The summed E-state index contributed by atoms with van der Waals surface area (Å²) in [6.07, 6.45) is -24.5. The van der Waals surface area contributed by atoms with Crippen molar-refractivity contribution in [3.8, 4) is 0 Å². The van der Waals surface area contributed by atoms with E-state index >= 15 is 0 Å². The number of amides is 1. The van der Waals surface area contributed by atoms with Gasteiger partial charge in [-0.1, -0.05) is 0 Å². The third kappa shape index (κ3) is 13.1. The number of carboxylic acid groups (broad SMARTS) is 2. The standard InChI is InChI=1S/C22H36F2N2O16S/c1-7(27)26-13(14(33)8-4-25-8)19(37)41-10(3-12(31)32)15(34)16(35)21(39)42-18(9(28)2-11(29)30)17(36)20(38)40-5-22(23,24)6-43/h8-10,15-21,25,28,33-39,43H,2-6H2,1H3,(H,26,27)(H,29,30)(H,31,32)/b14-13+. The van der Waals surface area contributed by atoms with E-state index in [4.69, 9.17) is 14.6 Å². The van der Waals surface area contributed by atoms with E-state index in [0.717, 1.165) is 6.92 Å². The Labute approximate surface area is 247 Å². The molecule has 1 aliphatic heterocycles. The van der Waals surface area contributed by atoms with E-state index in [0.29, 0.717) is 0 Å². The molecular formula is C22H36F2N2O16S. The maximum Gasteiger partial charge on any atom is 0.306 e. The molecule has 21 heteroatoms. The summed E-state index contributed by atoms with van der Waals surface area (Å²) in [4.78, 5) is 33.9. The molecule has 0 aromatic carbocycles. The van der Waals surface area contributed by atoms with Crippen molar-refractivity contribution >= 4 is 30.5 Å². The summed E-state index contributed by atoms with van der Waals surface area (Å²) < 4.78 is 41.1. The Kier molecular flexibility index (Phi) is 15.6. The fourth-order valence-corrected chi connectivity index (χ4v) is 3.47. The van der Waals surface area contributed by atoms with Crippen molar-refractivity contribution in [3.05, 3.63) is 11.5 Å². The molecule has 1 heterocycles. The smallest absolute Gasteiger partial charge is 0.306 e. The van der Waals surface area contributed by atoms with Crippen LogP contribution in [-0.2, 0) is 28.6 Å². The molecule has 1 fully saturated rings. The molecule has 250 valence electrons. The molecule has 12 N–H and O–H groups in total. The molecule has 1 amide bonds. The van der Waals surface area contributed by atoms with Crippen molar-refractivity contribution in [3.63, 3.8) is 0 Å². The molecule has 1 saturated heterocycles. The molecule has 18 nitrogen and oxygen atoms in total. The van der Waals surface area contributed by atoms with Crippen molar-refractivity contribution in [1.82, 2.24) is 10.6 Å². The molecular weight excluding hydrogens is 618 g/mol. The largest absolute Gasteiger partial charge is 0.509 e. The second-order valence-electron chi connectivity index (χ2n) is 9.41. The first-order chi connectivity index (χ1) is 19.8. The second-order valence-corrected chi connectivity index (χ2v) is 9.73. The lowest BCUT2D eigenvalue weighted by Crippen LogP contribution is -2.54. The highest BCUT2D eigenvalue weighted by atomic mass is 32.1. The minimum Gasteiger partial charge on any atom is -0.509 e. The van der Waals surface area contributed by atoms with Gasteiger partial charge in [0.2, 0.25) is 5.91 Å². The maximum atomic E-state index is 13.4. The number of hydrogen-bond acceptors (Lipinski definition) is 16. The Balaban J connectivity index is 3.15.